The second-order valence-electron chi connectivity index (χ2n) is 14.5. The second-order valence-corrected chi connectivity index (χ2v) is 14.5. The van der Waals surface area contributed by atoms with Crippen LogP contribution in [-0.2, 0) is 38.6 Å². The van der Waals surface area contributed by atoms with Crippen LogP contribution in [-0.4, -0.2) is 84.0 Å². The second kappa shape index (κ2) is 19.0. The lowest BCUT2D eigenvalue weighted by Crippen LogP contribution is -2.51. The first kappa shape index (κ1) is 39.6. The molecule has 3 N–H and O–H groups in total. The van der Waals surface area contributed by atoms with Crippen LogP contribution in [0.3, 0.4) is 0 Å². The molecule has 2 saturated heterocycles. The summed E-state index contributed by atoms with van der Waals surface area (Å²) < 4.78 is 18.5. The predicted molar refractivity (Wildman–Crippen MR) is 217 cm³/mol. The fraction of sp³-hybridized carbons (Fsp3) is 0.333. The lowest BCUT2D eigenvalue weighted by molar-refractivity contribution is -0.276. The lowest BCUT2D eigenvalue weighted by atomic mass is 9.89. The highest BCUT2D eigenvalue weighted by molar-refractivity contribution is 5.84. The lowest BCUT2D eigenvalue weighted by Gasteiger charge is -2.44. The molecule has 0 spiro atoms. The number of hydrogen-bond acceptors (Lipinski definition) is 10. The average Bonchev–Trinajstić information content (AvgIpc) is 3.27. The number of hydrogen-bond donors (Lipinski definition) is 3. The number of methoxy groups -OCH3 is 1. The minimum Gasteiger partial charge on any atom is -0.467 e. The molecular formula is C45H50N6O6. The van der Waals surface area contributed by atoms with Gasteiger partial charge in [0.15, 0.2) is 6.29 Å². The summed E-state index contributed by atoms with van der Waals surface area (Å²) in [5.41, 5.74) is 6.58. The number of aromatic nitrogens is 2. The molecule has 296 valence electrons. The molecule has 2 amide bonds. The molecule has 0 saturated carbocycles. The van der Waals surface area contributed by atoms with Gasteiger partial charge in [0, 0.05) is 69.6 Å². The normalized spacial score (nSPS) is 20.4. The summed E-state index contributed by atoms with van der Waals surface area (Å²) >= 11 is 0. The SMILES string of the molecule is COC(=O)C(Cc1ccccc1)NC(=O)NCc1ccccc1-c1ccc(C2OC(CN3CCN(c4ncccn4)CC3)C(C)C(c3ccc(CO)cc3)O2)cc1. The summed E-state index contributed by atoms with van der Waals surface area (Å²) in [4.78, 5) is 39.1. The van der Waals surface area contributed by atoms with Gasteiger partial charge >= 0.3 is 12.0 Å². The summed E-state index contributed by atoms with van der Waals surface area (Å²) in [5.74, 6) is 0.313. The maximum atomic E-state index is 13.0. The summed E-state index contributed by atoms with van der Waals surface area (Å²) in [6.45, 7) is 6.60. The van der Waals surface area contributed by atoms with E-state index in [1.165, 1.54) is 7.11 Å². The third-order valence-electron chi connectivity index (χ3n) is 10.8. The molecule has 3 heterocycles. The molecule has 1 aromatic heterocycles. The van der Waals surface area contributed by atoms with Crippen molar-refractivity contribution in [3.8, 4) is 11.1 Å². The van der Waals surface area contributed by atoms with Crippen molar-refractivity contribution in [2.75, 3.05) is 44.7 Å². The van der Waals surface area contributed by atoms with Gasteiger partial charge in [0.2, 0.25) is 5.95 Å². The molecule has 12 heteroatoms. The quantitative estimate of drug-likeness (QED) is 0.125. The molecule has 2 aliphatic heterocycles. The topological polar surface area (TPSA) is 138 Å². The van der Waals surface area contributed by atoms with Crippen molar-refractivity contribution in [3.05, 3.63) is 149 Å². The molecule has 2 aliphatic rings. The molecule has 4 aromatic carbocycles. The van der Waals surface area contributed by atoms with E-state index in [4.69, 9.17) is 14.2 Å². The highest BCUT2D eigenvalue weighted by atomic mass is 16.7. The Balaban J connectivity index is 1.03. The summed E-state index contributed by atoms with van der Waals surface area (Å²) in [6, 6.07) is 34.1. The Kier molecular flexibility index (Phi) is 13.2. The van der Waals surface area contributed by atoms with Gasteiger partial charge in [-0.2, -0.15) is 0 Å². The van der Waals surface area contributed by atoms with Crippen molar-refractivity contribution >= 4 is 17.9 Å². The van der Waals surface area contributed by atoms with Crippen molar-refractivity contribution in [3.63, 3.8) is 0 Å². The van der Waals surface area contributed by atoms with Crippen LogP contribution in [0.5, 0.6) is 0 Å². The fourth-order valence-corrected chi connectivity index (χ4v) is 7.51. The van der Waals surface area contributed by atoms with Gasteiger partial charge in [-0.05, 0) is 39.4 Å². The highest BCUT2D eigenvalue weighted by Crippen LogP contribution is 2.42. The molecule has 5 atom stereocenters. The van der Waals surface area contributed by atoms with E-state index in [1.54, 1.807) is 12.4 Å². The zero-order chi connectivity index (χ0) is 39.6. The molecular weight excluding hydrogens is 721 g/mol. The number of piperazine rings is 1. The van der Waals surface area contributed by atoms with Gasteiger partial charge in [0.05, 0.1) is 25.9 Å². The van der Waals surface area contributed by atoms with Crippen molar-refractivity contribution in [2.45, 2.75) is 51.0 Å². The zero-order valence-electron chi connectivity index (χ0n) is 32.4. The Hall–Kier alpha value is -5.66. The third kappa shape index (κ3) is 10.0. The number of ether oxygens (including phenoxy) is 3. The Morgan fingerprint density at radius 2 is 1.51 bits per heavy atom. The number of esters is 1. The smallest absolute Gasteiger partial charge is 0.328 e. The number of aliphatic hydroxyl groups excluding tert-OH is 1. The first-order valence-electron chi connectivity index (χ1n) is 19.5. The van der Waals surface area contributed by atoms with Crippen LogP contribution >= 0.6 is 0 Å². The van der Waals surface area contributed by atoms with Crippen LogP contribution in [0.25, 0.3) is 11.1 Å². The standard InChI is InChI=1S/C45H50N6O6/c1-31-40(29-50-23-25-51(26-24-50)44-46-21-8-22-47-44)56-43(57-41(31)35-15-13-33(30-52)14-16-35)36-19-17-34(18-20-36)38-12-7-6-11-37(38)28-48-45(54)49-39(42(53)55-2)27-32-9-4-3-5-10-32/h3-22,31,39-41,43,52H,23-30H2,1-2H3,(H2,48,49,54). The average molecular weight is 771 g/mol. The Labute approximate surface area is 333 Å². The molecule has 0 aliphatic carbocycles. The van der Waals surface area contributed by atoms with Gasteiger partial charge in [-0.1, -0.05) is 110 Å². The Morgan fingerprint density at radius 1 is 0.825 bits per heavy atom. The summed E-state index contributed by atoms with van der Waals surface area (Å²) in [6.07, 6.45) is 2.96. The Bertz CT molecular complexity index is 2050. The molecule has 57 heavy (non-hydrogen) atoms. The predicted octanol–water partition coefficient (Wildman–Crippen LogP) is 5.83. The first-order valence-corrected chi connectivity index (χ1v) is 19.5. The van der Waals surface area contributed by atoms with E-state index in [-0.39, 0.29) is 31.3 Å². The van der Waals surface area contributed by atoms with E-state index >= 15 is 0 Å². The van der Waals surface area contributed by atoms with Crippen LogP contribution in [0, 0.1) is 5.92 Å². The molecule has 7 rings (SSSR count). The van der Waals surface area contributed by atoms with E-state index in [2.05, 4.69) is 49.5 Å². The van der Waals surface area contributed by atoms with Crippen LogP contribution in [0.2, 0.25) is 0 Å². The highest BCUT2D eigenvalue weighted by Gasteiger charge is 2.39. The number of aliphatic hydroxyl groups is 1. The third-order valence-corrected chi connectivity index (χ3v) is 10.8. The van der Waals surface area contributed by atoms with E-state index < -0.39 is 24.3 Å². The number of nitrogens with zero attached hydrogens (tertiary/aromatic N) is 4. The van der Waals surface area contributed by atoms with Gasteiger partial charge < -0.3 is 34.9 Å². The number of benzene rings is 4. The largest absolute Gasteiger partial charge is 0.467 e. The van der Waals surface area contributed by atoms with Crippen molar-refractivity contribution in [1.82, 2.24) is 25.5 Å². The van der Waals surface area contributed by atoms with Gasteiger partial charge in [-0.25, -0.2) is 19.6 Å². The number of rotatable bonds is 13. The first-order chi connectivity index (χ1) is 27.9. The van der Waals surface area contributed by atoms with Gasteiger partial charge in [-0.15, -0.1) is 0 Å². The molecule has 0 radical (unpaired) electrons. The Morgan fingerprint density at radius 3 is 2.21 bits per heavy atom. The number of carbonyl (C=O) groups is 2. The number of anilines is 1. The van der Waals surface area contributed by atoms with Crippen molar-refractivity contribution < 1.29 is 28.9 Å². The van der Waals surface area contributed by atoms with Gasteiger partial charge in [0.1, 0.15) is 6.04 Å². The summed E-state index contributed by atoms with van der Waals surface area (Å²) in [7, 11) is 1.31. The molecule has 12 nitrogen and oxygen atoms in total. The number of nitrogens with one attached hydrogen (secondary N) is 2. The number of urea groups is 1. The number of carbonyl (C=O) groups excluding carboxylic acids is 2. The van der Waals surface area contributed by atoms with E-state index in [0.29, 0.717) is 6.42 Å². The molecule has 5 aromatic rings. The van der Waals surface area contributed by atoms with E-state index in [9.17, 15) is 14.7 Å². The molecule has 0 bridgehead atoms. The maximum absolute atomic E-state index is 13.0. The van der Waals surface area contributed by atoms with E-state index in [1.807, 2.05) is 97.1 Å². The van der Waals surface area contributed by atoms with E-state index in [0.717, 1.165) is 77.6 Å². The van der Waals surface area contributed by atoms with Crippen molar-refractivity contribution in [1.29, 1.82) is 0 Å². The summed E-state index contributed by atoms with van der Waals surface area (Å²) in [5, 5.41) is 15.4. The van der Waals surface area contributed by atoms with Crippen LogP contribution < -0.4 is 15.5 Å². The monoisotopic (exact) mass is 770 g/mol. The molecule has 5 unspecified atom stereocenters. The molecule has 2 fully saturated rings. The van der Waals surface area contributed by atoms with Crippen molar-refractivity contribution in [2.24, 2.45) is 5.92 Å². The minimum absolute atomic E-state index is 0.0148. The minimum atomic E-state index is -0.827. The van der Waals surface area contributed by atoms with Crippen LogP contribution in [0.1, 0.15) is 47.1 Å². The van der Waals surface area contributed by atoms with Gasteiger partial charge in [0.25, 0.3) is 0 Å². The zero-order valence-corrected chi connectivity index (χ0v) is 32.4. The van der Waals surface area contributed by atoms with Crippen LogP contribution in [0.15, 0.2) is 122 Å². The van der Waals surface area contributed by atoms with Gasteiger partial charge in [-0.3, -0.25) is 4.90 Å². The fourth-order valence-electron chi connectivity index (χ4n) is 7.51. The van der Waals surface area contributed by atoms with Crippen LogP contribution in [0.4, 0.5) is 10.7 Å². The number of amides is 2. The maximum Gasteiger partial charge on any atom is 0.328 e.